The van der Waals surface area contributed by atoms with E-state index in [4.69, 9.17) is 0 Å². The Morgan fingerprint density at radius 3 is 1.94 bits per heavy atom. The third kappa shape index (κ3) is 4.10. The highest BCUT2D eigenvalue weighted by atomic mass is 16.1. The van der Waals surface area contributed by atoms with Gasteiger partial charge in [-0.2, -0.15) is 0 Å². The molecule has 0 bridgehead atoms. The topological polar surface area (TPSA) is 34.1 Å². The van der Waals surface area contributed by atoms with Gasteiger partial charge in [-0.15, -0.1) is 0 Å². The molecule has 0 atom stereocenters. The van der Waals surface area contributed by atoms with E-state index >= 15 is 0 Å². The lowest BCUT2D eigenvalue weighted by molar-refractivity contribution is -0.116. The van der Waals surface area contributed by atoms with Crippen LogP contribution in [0.3, 0.4) is 0 Å². The molecule has 2 heteroatoms. The van der Waals surface area contributed by atoms with Gasteiger partial charge in [0.05, 0.1) is 0 Å². The van der Waals surface area contributed by atoms with Gasteiger partial charge in [-0.05, 0) is 25.8 Å². The van der Waals surface area contributed by atoms with E-state index in [1.54, 1.807) is 6.92 Å². The summed E-state index contributed by atoms with van der Waals surface area (Å²) in [6.07, 6.45) is 7.82. The summed E-state index contributed by atoms with van der Waals surface area (Å²) in [5, 5.41) is 0. The van der Waals surface area contributed by atoms with Crippen LogP contribution in [0.15, 0.2) is 34.9 Å². The Kier molecular flexibility index (Phi) is 7.93. The largest absolute Gasteiger partial charge is 0.290 e. The minimum atomic E-state index is 0.0106. The lowest BCUT2D eigenvalue weighted by Gasteiger charge is -2.17. The third-order valence-corrected chi connectivity index (χ3v) is 2.45. The summed E-state index contributed by atoms with van der Waals surface area (Å²) in [6, 6.07) is 0. The smallest absolute Gasteiger partial charge is 0.185 e. The Morgan fingerprint density at radius 2 is 1.44 bits per heavy atom. The number of hydrogen-bond acceptors (Lipinski definition) is 2. The predicted octanol–water partition coefficient (Wildman–Crippen LogP) is 4.17. The summed E-state index contributed by atoms with van der Waals surface area (Å²) >= 11 is 0. The molecule has 0 aromatic heterocycles. The van der Waals surface area contributed by atoms with Gasteiger partial charge in [-0.3, -0.25) is 9.59 Å². The first-order valence-electron chi connectivity index (χ1n) is 6.76. The number of carbonyl (C=O) groups excluding carboxylic acids is 2. The molecule has 2 aliphatic carbocycles. The summed E-state index contributed by atoms with van der Waals surface area (Å²) in [4.78, 5) is 23.1. The van der Waals surface area contributed by atoms with Gasteiger partial charge in [-0.1, -0.05) is 46.3 Å². The fourth-order valence-corrected chi connectivity index (χ4v) is 1.72. The second kappa shape index (κ2) is 8.62. The number of allylic oxidation sites excluding steroid dienone is 6. The van der Waals surface area contributed by atoms with Gasteiger partial charge < -0.3 is 0 Å². The molecule has 2 rings (SSSR count). The van der Waals surface area contributed by atoms with Gasteiger partial charge in [0.2, 0.25) is 0 Å². The van der Waals surface area contributed by atoms with Crippen molar-refractivity contribution in [2.75, 3.05) is 0 Å². The maximum Gasteiger partial charge on any atom is 0.185 e. The average Bonchev–Trinajstić information content (AvgIpc) is 2.39. The molecule has 0 aromatic rings. The van der Waals surface area contributed by atoms with Crippen LogP contribution in [0.25, 0.3) is 0 Å². The highest BCUT2D eigenvalue weighted by Gasteiger charge is 2.25. The van der Waals surface area contributed by atoms with Crippen molar-refractivity contribution < 1.29 is 9.59 Å². The molecular formula is C16H24O2. The molecule has 0 unspecified atom stereocenters. The molecule has 0 aliphatic heterocycles. The zero-order valence-corrected chi connectivity index (χ0v) is 12.2. The number of ketones is 2. The van der Waals surface area contributed by atoms with Crippen LogP contribution in [0.1, 0.15) is 53.9 Å². The first-order valence-corrected chi connectivity index (χ1v) is 6.76. The van der Waals surface area contributed by atoms with Gasteiger partial charge in [0.15, 0.2) is 11.6 Å². The predicted molar refractivity (Wildman–Crippen MR) is 76.5 cm³/mol. The molecule has 0 heterocycles. The minimum Gasteiger partial charge on any atom is -0.290 e. The van der Waals surface area contributed by atoms with Gasteiger partial charge in [0, 0.05) is 16.7 Å². The number of carbonyl (C=O) groups is 2. The van der Waals surface area contributed by atoms with E-state index < -0.39 is 0 Å². The number of hydrogen-bond donors (Lipinski definition) is 0. The molecule has 0 radical (unpaired) electrons. The third-order valence-electron chi connectivity index (χ3n) is 2.45. The fraction of sp³-hybridized carbons (Fsp3) is 0.500. The van der Waals surface area contributed by atoms with Crippen LogP contribution in [0.2, 0.25) is 0 Å². The summed E-state index contributed by atoms with van der Waals surface area (Å²) in [7, 11) is 0. The Labute approximate surface area is 110 Å². The minimum absolute atomic E-state index is 0.0106. The summed E-state index contributed by atoms with van der Waals surface area (Å²) < 4.78 is 0. The Bertz CT molecular complexity index is 395. The van der Waals surface area contributed by atoms with E-state index in [0.29, 0.717) is 29.6 Å². The number of Topliss-reactive ketones (excluding diaryl/α,β-unsaturated/α-hetero) is 1. The van der Waals surface area contributed by atoms with E-state index in [2.05, 4.69) is 13.8 Å². The van der Waals surface area contributed by atoms with E-state index in [0.717, 1.165) is 0 Å². The van der Waals surface area contributed by atoms with Gasteiger partial charge in [0.25, 0.3) is 0 Å². The molecule has 0 saturated carbocycles. The summed E-state index contributed by atoms with van der Waals surface area (Å²) in [5.41, 5.74) is 1.96. The van der Waals surface area contributed by atoms with Crippen molar-refractivity contribution in [1.82, 2.24) is 0 Å². The molecule has 100 valence electrons. The van der Waals surface area contributed by atoms with Crippen LogP contribution >= 0.6 is 0 Å². The van der Waals surface area contributed by atoms with E-state index in [1.807, 2.05) is 26.0 Å². The fourth-order valence-electron chi connectivity index (χ4n) is 1.72. The van der Waals surface area contributed by atoms with Gasteiger partial charge in [-0.25, -0.2) is 0 Å². The molecule has 2 nitrogen and oxygen atoms in total. The van der Waals surface area contributed by atoms with E-state index in [1.165, 1.54) is 12.5 Å². The quantitative estimate of drug-likeness (QED) is 0.476. The Morgan fingerprint density at radius 1 is 1.00 bits per heavy atom. The SMILES string of the molecule is CC.CC1=CC(=O)C2=C(CC=CC2)C1=O.CCC. The zero-order chi connectivity index (χ0) is 14.1. The van der Waals surface area contributed by atoms with Crippen LogP contribution < -0.4 is 0 Å². The van der Waals surface area contributed by atoms with E-state index in [-0.39, 0.29) is 11.6 Å². The van der Waals surface area contributed by atoms with Crippen molar-refractivity contribution in [2.45, 2.75) is 53.9 Å². The van der Waals surface area contributed by atoms with Crippen molar-refractivity contribution in [3.05, 3.63) is 34.9 Å². The maximum atomic E-state index is 11.6. The Balaban J connectivity index is 0.000000509. The van der Waals surface area contributed by atoms with Crippen molar-refractivity contribution >= 4 is 11.6 Å². The number of rotatable bonds is 0. The normalized spacial score (nSPS) is 17.1. The maximum absolute atomic E-state index is 11.6. The van der Waals surface area contributed by atoms with Crippen LogP contribution in [0.4, 0.5) is 0 Å². The van der Waals surface area contributed by atoms with Crippen LogP contribution in [0.5, 0.6) is 0 Å². The lowest BCUT2D eigenvalue weighted by Crippen LogP contribution is -2.19. The van der Waals surface area contributed by atoms with Crippen molar-refractivity contribution in [3.8, 4) is 0 Å². The van der Waals surface area contributed by atoms with Crippen molar-refractivity contribution in [2.24, 2.45) is 0 Å². The second-order valence-electron chi connectivity index (χ2n) is 4.06. The van der Waals surface area contributed by atoms with Gasteiger partial charge >= 0.3 is 0 Å². The lowest BCUT2D eigenvalue weighted by atomic mass is 9.84. The average molecular weight is 248 g/mol. The molecule has 0 spiro atoms. The highest BCUT2D eigenvalue weighted by Crippen LogP contribution is 2.27. The van der Waals surface area contributed by atoms with Crippen molar-refractivity contribution in [3.63, 3.8) is 0 Å². The summed E-state index contributed by atoms with van der Waals surface area (Å²) in [6.45, 7) is 9.95. The molecule has 18 heavy (non-hydrogen) atoms. The van der Waals surface area contributed by atoms with Crippen LogP contribution in [0, 0.1) is 0 Å². The highest BCUT2D eigenvalue weighted by molar-refractivity contribution is 6.22. The Hall–Kier alpha value is -1.44. The second-order valence-corrected chi connectivity index (χ2v) is 4.06. The summed E-state index contributed by atoms with van der Waals surface area (Å²) in [5.74, 6) is 0.0513. The van der Waals surface area contributed by atoms with Gasteiger partial charge in [0.1, 0.15) is 0 Å². The molecule has 0 fully saturated rings. The molecule has 0 N–H and O–H groups in total. The monoisotopic (exact) mass is 248 g/mol. The van der Waals surface area contributed by atoms with Crippen LogP contribution in [-0.4, -0.2) is 11.6 Å². The first-order chi connectivity index (χ1) is 8.61. The molecule has 0 saturated heterocycles. The molecule has 0 amide bonds. The molecular weight excluding hydrogens is 224 g/mol. The zero-order valence-electron chi connectivity index (χ0n) is 12.2. The molecule has 2 aliphatic rings. The van der Waals surface area contributed by atoms with Crippen molar-refractivity contribution in [1.29, 1.82) is 0 Å². The van der Waals surface area contributed by atoms with E-state index in [9.17, 15) is 9.59 Å². The molecule has 0 aromatic carbocycles. The van der Waals surface area contributed by atoms with Crippen LogP contribution in [-0.2, 0) is 9.59 Å². The first kappa shape index (κ1) is 16.6. The standard InChI is InChI=1S/C11H10O2.C3H8.C2H6/c1-7-6-10(12)8-4-2-3-5-9(8)11(7)13;1-3-2;1-2/h2-3,6H,4-5H2,1H3;3H2,1-2H3;1-2H3.